The molecule has 0 radical (unpaired) electrons. The van der Waals surface area contributed by atoms with Crippen molar-refractivity contribution in [3.8, 4) is 0 Å². The summed E-state index contributed by atoms with van der Waals surface area (Å²) in [6.07, 6.45) is 4.80. The van der Waals surface area contributed by atoms with Gasteiger partial charge in [0.25, 0.3) is 11.1 Å². The van der Waals surface area contributed by atoms with Crippen LogP contribution in [0, 0.1) is 0 Å². The number of carboxylic acid groups (broad SMARTS) is 1. The molecule has 1 heterocycles. The number of benzene rings is 2. The highest BCUT2D eigenvalue weighted by molar-refractivity contribution is 8.19. The number of anilines is 1. The predicted octanol–water partition coefficient (Wildman–Crippen LogP) is 4.97. The number of carbonyl (C=O) groups excluding carboxylic acids is 2. The van der Waals surface area contributed by atoms with E-state index in [0.29, 0.717) is 16.2 Å². The van der Waals surface area contributed by atoms with Gasteiger partial charge >= 0.3 is 5.97 Å². The minimum atomic E-state index is -1.01. The fourth-order valence-corrected chi connectivity index (χ4v) is 3.60. The molecule has 27 heavy (non-hydrogen) atoms. The third kappa shape index (κ3) is 4.28. The van der Waals surface area contributed by atoms with Crippen molar-refractivity contribution in [2.24, 2.45) is 0 Å². The molecule has 1 saturated heterocycles. The molecule has 2 amide bonds. The number of aryl methyl sites for hydroxylation is 1. The Bertz CT molecular complexity index is 901. The zero-order valence-electron chi connectivity index (χ0n) is 14.8. The summed E-state index contributed by atoms with van der Waals surface area (Å²) in [6.45, 7) is 2.14. The van der Waals surface area contributed by atoms with Crippen molar-refractivity contribution in [1.82, 2.24) is 0 Å². The third-order valence-electron chi connectivity index (χ3n) is 4.26. The highest BCUT2D eigenvalue weighted by Gasteiger charge is 2.36. The van der Waals surface area contributed by atoms with Crippen LogP contribution in [0.5, 0.6) is 0 Å². The highest BCUT2D eigenvalue weighted by atomic mass is 32.2. The van der Waals surface area contributed by atoms with Gasteiger partial charge in [-0.3, -0.25) is 9.59 Å². The first-order valence-corrected chi connectivity index (χ1v) is 9.51. The maximum atomic E-state index is 12.7. The minimum Gasteiger partial charge on any atom is -0.478 e. The van der Waals surface area contributed by atoms with Crippen LogP contribution in [0.3, 0.4) is 0 Å². The number of unbranched alkanes of at least 4 members (excludes halogenated alkanes) is 1. The predicted molar refractivity (Wildman–Crippen MR) is 107 cm³/mol. The summed E-state index contributed by atoms with van der Waals surface area (Å²) in [4.78, 5) is 37.4. The van der Waals surface area contributed by atoms with Crippen LogP contribution in [0.1, 0.15) is 41.3 Å². The van der Waals surface area contributed by atoms with Crippen molar-refractivity contribution < 1.29 is 19.5 Å². The summed E-state index contributed by atoms with van der Waals surface area (Å²) in [5.41, 5.74) is 2.58. The molecule has 0 aliphatic carbocycles. The Balaban J connectivity index is 1.79. The van der Waals surface area contributed by atoms with Crippen molar-refractivity contribution in [1.29, 1.82) is 0 Å². The zero-order valence-corrected chi connectivity index (χ0v) is 15.7. The molecule has 0 atom stereocenters. The number of rotatable bonds is 6. The largest absolute Gasteiger partial charge is 0.478 e. The molecule has 1 aliphatic rings. The first-order valence-electron chi connectivity index (χ1n) is 8.70. The molecule has 2 aromatic carbocycles. The monoisotopic (exact) mass is 381 g/mol. The van der Waals surface area contributed by atoms with Gasteiger partial charge < -0.3 is 5.11 Å². The quantitative estimate of drug-likeness (QED) is 0.715. The van der Waals surface area contributed by atoms with E-state index in [2.05, 4.69) is 6.92 Å². The molecule has 1 N–H and O–H groups in total. The van der Waals surface area contributed by atoms with E-state index in [-0.39, 0.29) is 16.7 Å². The molecule has 0 bridgehead atoms. The van der Waals surface area contributed by atoms with Gasteiger partial charge in [-0.25, -0.2) is 9.69 Å². The van der Waals surface area contributed by atoms with Gasteiger partial charge in [0.2, 0.25) is 0 Å². The Morgan fingerprint density at radius 1 is 1.07 bits per heavy atom. The van der Waals surface area contributed by atoms with Crippen LogP contribution in [-0.4, -0.2) is 22.2 Å². The average Bonchev–Trinajstić information content (AvgIpc) is 2.94. The standard InChI is InChI=1S/C21H19NO4S/c1-2-3-4-14-7-11-17(12-8-14)22-19(23)18(27-21(22)26)13-15-5-9-16(10-6-15)20(24)25/h5-13H,2-4H2,1H3,(H,24,25)/b18-13-. The second kappa shape index (κ2) is 8.22. The van der Waals surface area contributed by atoms with Gasteiger partial charge in [-0.15, -0.1) is 0 Å². The minimum absolute atomic E-state index is 0.170. The normalized spacial score (nSPS) is 15.6. The zero-order chi connectivity index (χ0) is 19.4. The molecule has 0 aromatic heterocycles. The number of aromatic carboxylic acids is 1. The number of hydrogen-bond acceptors (Lipinski definition) is 4. The summed E-state index contributed by atoms with van der Waals surface area (Å²) in [6, 6.07) is 13.6. The lowest BCUT2D eigenvalue weighted by Gasteiger charge is -2.13. The molecule has 0 unspecified atom stereocenters. The summed E-state index contributed by atoms with van der Waals surface area (Å²) >= 11 is 0.882. The Kier molecular flexibility index (Phi) is 5.76. The molecule has 0 saturated carbocycles. The molecule has 1 fully saturated rings. The van der Waals surface area contributed by atoms with Crippen molar-refractivity contribution in [3.63, 3.8) is 0 Å². The molecule has 2 aromatic rings. The van der Waals surface area contributed by atoms with E-state index < -0.39 is 5.97 Å². The Morgan fingerprint density at radius 3 is 2.33 bits per heavy atom. The van der Waals surface area contributed by atoms with Gasteiger partial charge in [-0.05, 0) is 66.1 Å². The third-order valence-corrected chi connectivity index (χ3v) is 5.13. The van der Waals surface area contributed by atoms with E-state index in [0.717, 1.165) is 31.0 Å². The van der Waals surface area contributed by atoms with Crippen LogP contribution in [0.15, 0.2) is 53.4 Å². The highest BCUT2D eigenvalue weighted by Crippen LogP contribution is 2.35. The lowest BCUT2D eigenvalue weighted by molar-refractivity contribution is -0.113. The number of carbonyl (C=O) groups is 3. The number of carboxylic acids is 1. The number of nitrogens with zero attached hydrogens (tertiary/aromatic N) is 1. The van der Waals surface area contributed by atoms with Crippen LogP contribution in [0.25, 0.3) is 6.08 Å². The van der Waals surface area contributed by atoms with E-state index in [1.54, 1.807) is 30.3 Å². The molecular weight excluding hydrogens is 362 g/mol. The maximum absolute atomic E-state index is 12.7. The molecule has 6 heteroatoms. The van der Waals surface area contributed by atoms with Crippen molar-refractivity contribution >= 4 is 40.6 Å². The SMILES string of the molecule is CCCCc1ccc(N2C(=O)S/C(=C\c3ccc(C(=O)O)cc3)C2=O)cc1. The van der Waals surface area contributed by atoms with E-state index in [1.165, 1.54) is 22.6 Å². The molecule has 5 nitrogen and oxygen atoms in total. The lowest BCUT2D eigenvalue weighted by Crippen LogP contribution is -2.27. The van der Waals surface area contributed by atoms with Crippen LogP contribution < -0.4 is 4.90 Å². The van der Waals surface area contributed by atoms with Crippen molar-refractivity contribution in [3.05, 3.63) is 70.1 Å². The number of hydrogen-bond donors (Lipinski definition) is 1. The smallest absolute Gasteiger partial charge is 0.335 e. The fraction of sp³-hybridized carbons (Fsp3) is 0.190. The molecule has 0 spiro atoms. The van der Waals surface area contributed by atoms with Crippen LogP contribution >= 0.6 is 11.8 Å². The van der Waals surface area contributed by atoms with Gasteiger partial charge in [-0.2, -0.15) is 0 Å². The lowest BCUT2D eigenvalue weighted by atomic mass is 10.1. The summed E-state index contributed by atoms with van der Waals surface area (Å²) < 4.78 is 0. The first kappa shape index (κ1) is 18.9. The van der Waals surface area contributed by atoms with E-state index in [9.17, 15) is 14.4 Å². The van der Waals surface area contributed by atoms with Gasteiger partial charge in [0.05, 0.1) is 16.2 Å². The van der Waals surface area contributed by atoms with Gasteiger partial charge in [-0.1, -0.05) is 37.6 Å². The second-order valence-electron chi connectivity index (χ2n) is 6.21. The topological polar surface area (TPSA) is 74.7 Å². The number of thioether (sulfide) groups is 1. The first-order chi connectivity index (χ1) is 13.0. The van der Waals surface area contributed by atoms with E-state index in [1.807, 2.05) is 12.1 Å². The van der Waals surface area contributed by atoms with E-state index >= 15 is 0 Å². The van der Waals surface area contributed by atoms with Crippen molar-refractivity contribution in [2.45, 2.75) is 26.2 Å². The second-order valence-corrected chi connectivity index (χ2v) is 7.21. The molecule has 138 valence electrons. The van der Waals surface area contributed by atoms with Crippen LogP contribution in [-0.2, 0) is 11.2 Å². The molecule has 3 rings (SSSR count). The van der Waals surface area contributed by atoms with Crippen LogP contribution in [0.2, 0.25) is 0 Å². The van der Waals surface area contributed by atoms with E-state index in [4.69, 9.17) is 5.11 Å². The van der Waals surface area contributed by atoms with Crippen molar-refractivity contribution in [2.75, 3.05) is 4.90 Å². The fourth-order valence-electron chi connectivity index (χ4n) is 2.76. The Labute approximate surface area is 161 Å². The number of amides is 2. The Morgan fingerprint density at radius 2 is 1.74 bits per heavy atom. The van der Waals surface area contributed by atoms with Gasteiger partial charge in [0, 0.05) is 0 Å². The maximum Gasteiger partial charge on any atom is 0.335 e. The average molecular weight is 381 g/mol. The number of imide groups is 1. The van der Waals surface area contributed by atoms with Gasteiger partial charge in [0.1, 0.15) is 0 Å². The van der Waals surface area contributed by atoms with Gasteiger partial charge in [0.15, 0.2) is 0 Å². The summed E-state index contributed by atoms with van der Waals surface area (Å²) in [7, 11) is 0. The summed E-state index contributed by atoms with van der Waals surface area (Å²) in [5, 5.41) is 8.60. The summed E-state index contributed by atoms with van der Waals surface area (Å²) in [5.74, 6) is -1.38. The van der Waals surface area contributed by atoms with Crippen LogP contribution in [0.4, 0.5) is 10.5 Å². The molecular formula is C21H19NO4S. The Hall–Kier alpha value is -2.86. The molecule has 1 aliphatic heterocycles.